The molecule has 4 aromatic rings. The summed E-state index contributed by atoms with van der Waals surface area (Å²) in [6, 6.07) is 26.0. The van der Waals surface area contributed by atoms with Gasteiger partial charge in [-0.25, -0.2) is 4.79 Å². The van der Waals surface area contributed by atoms with Gasteiger partial charge in [0.1, 0.15) is 5.75 Å². The van der Waals surface area contributed by atoms with E-state index in [0.717, 1.165) is 35.2 Å². The first-order valence-corrected chi connectivity index (χ1v) is 12.7. The van der Waals surface area contributed by atoms with Crippen LogP contribution in [0.25, 0.3) is 10.8 Å². The number of halogens is 2. The van der Waals surface area contributed by atoms with Gasteiger partial charge in [0.05, 0.1) is 12.7 Å². The number of carbonyl (C=O) groups is 1. The maximum absolute atomic E-state index is 11.3. The van der Waals surface area contributed by atoms with E-state index in [-0.39, 0.29) is 18.0 Å². The van der Waals surface area contributed by atoms with E-state index in [1.54, 1.807) is 25.3 Å². The van der Waals surface area contributed by atoms with Crippen molar-refractivity contribution in [3.8, 4) is 5.75 Å². The van der Waals surface area contributed by atoms with Gasteiger partial charge in [-0.15, -0.1) is 0 Å². The second kappa shape index (κ2) is 10.1. The molecular formula is C30H27Cl2NO3. The third kappa shape index (κ3) is 4.94. The monoisotopic (exact) mass is 519 g/mol. The summed E-state index contributed by atoms with van der Waals surface area (Å²) in [5.41, 5.74) is 3.76. The van der Waals surface area contributed by atoms with Crippen molar-refractivity contribution in [2.75, 3.05) is 13.7 Å². The number of benzene rings is 4. The molecule has 36 heavy (non-hydrogen) atoms. The zero-order chi connectivity index (χ0) is 25.4. The molecule has 1 N–H and O–H groups in total. The molecule has 0 aromatic heterocycles. The fourth-order valence-corrected chi connectivity index (χ4v) is 5.88. The Kier molecular flexibility index (Phi) is 6.94. The number of carboxylic acids is 1. The number of rotatable bonds is 6. The maximum atomic E-state index is 11.3. The molecule has 1 aliphatic rings. The summed E-state index contributed by atoms with van der Waals surface area (Å²) in [6.45, 7) is 3.02. The first kappa shape index (κ1) is 24.6. The van der Waals surface area contributed by atoms with Crippen LogP contribution in [-0.4, -0.2) is 29.6 Å². The zero-order valence-electron chi connectivity index (χ0n) is 20.1. The van der Waals surface area contributed by atoms with E-state index in [1.807, 2.05) is 30.3 Å². The predicted octanol–water partition coefficient (Wildman–Crippen LogP) is 8.15. The molecule has 0 saturated carbocycles. The van der Waals surface area contributed by atoms with Crippen LogP contribution in [0.1, 0.15) is 58.4 Å². The van der Waals surface area contributed by atoms with Crippen molar-refractivity contribution >= 4 is 39.9 Å². The lowest BCUT2D eigenvalue weighted by Crippen LogP contribution is -2.27. The highest BCUT2D eigenvalue weighted by molar-refractivity contribution is 6.34. The molecule has 0 bridgehead atoms. The quantitative estimate of drug-likeness (QED) is 0.279. The molecule has 1 saturated heterocycles. The van der Waals surface area contributed by atoms with E-state index in [1.165, 1.54) is 10.9 Å². The van der Waals surface area contributed by atoms with Crippen LogP contribution in [-0.2, 0) is 0 Å². The van der Waals surface area contributed by atoms with E-state index >= 15 is 0 Å². The first-order valence-electron chi connectivity index (χ1n) is 11.9. The molecule has 184 valence electrons. The van der Waals surface area contributed by atoms with Crippen molar-refractivity contribution in [1.29, 1.82) is 0 Å². The van der Waals surface area contributed by atoms with Crippen LogP contribution in [0.4, 0.5) is 0 Å². The van der Waals surface area contributed by atoms with Gasteiger partial charge in [-0.2, -0.15) is 0 Å². The van der Waals surface area contributed by atoms with Crippen LogP contribution >= 0.6 is 23.2 Å². The number of nitrogens with zero attached hydrogens (tertiary/aromatic N) is 1. The third-order valence-corrected chi connectivity index (χ3v) is 7.73. The number of carboxylic acid groups (broad SMARTS) is 1. The predicted molar refractivity (Wildman–Crippen MR) is 146 cm³/mol. The summed E-state index contributed by atoms with van der Waals surface area (Å²) in [4.78, 5) is 13.8. The summed E-state index contributed by atoms with van der Waals surface area (Å²) in [7, 11) is 1.68. The fourth-order valence-electron chi connectivity index (χ4n) is 5.34. The standard InChI is InChI=1S/C30H27Cl2NO3/c1-18(19-3-5-20(6-4-19)30(34)35)33-17-25(24-12-26(31)16-27(32)13-24)15-29(33)23-8-7-22-14-28(36-2)10-9-21(22)11-23/h3-14,16,18,25,29H,15,17H2,1-2H3,(H,34,35). The molecular weight excluding hydrogens is 493 g/mol. The van der Waals surface area contributed by atoms with E-state index < -0.39 is 5.97 Å². The SMILES string of the molecule is COc1ccc2cc(C3CC(c4cc(Cl)cc(Cl)c4)CN3C(C)c3ccc(C(=O)O)cc3)ccc2c1. The van der Waals surface area contributed by atoms with Gasteiger partial charge in [0.15, 0.2) is 0 Å². The molecule has 1 heterocycles. The van der Waals surface area contributed by atoms with E-state index in [2.05, 4.69) is 42.2 Å². The second-order valence-electron chi connectivity index (χ2n) is 9.42. The summed E-state index contributed by atoms with van der Waals surface area (Å²) < 4.78 is 5.39. The molecule has 0 radical (unpaired) electrons. The van der Waals surface area contributed by atoms with Crippen LogP contribution in [0, 0.1) is 0 Å². The highest BCUT2D eigenvalue weighted by atomic mass is 35.5. The lowest BCUT2D eigenvalue weighted by molar-refractivity contribution is 0.0697. The van der Waals surface area contributed by atoms with Crippen LogP contribution < -0.4 is 4.74 Å². The van der Waals surface area contributed by atoms with E-state index in [4.69, 9.17) is 27.9 Å². The van der Waals surface area contributed by atoms with Gasteiger partial charge in [-0.05, 0) is 95.3 Å². The topological polar surface area (TPSA) is 49.8 Å². The van der Waals surface area contributed by atoms with Crippen LogP contribution in [0.15, 0.2) is 78.9 Å². The van der Waals surface area contributed by atoms with Gasteiger partial charge in [-0.1, -0.05) is 53.5 Å². The number of fused-ring (bicyclic) bond motifs is 1. The molecule has 3 atom stereocenters. The average molecular weight is 520 g/mol. The van der Waals surface area contributed by atoms with Gasteiger partial charge in [0, 0.05) is 28.7 Å². The molecule has 3 unspecified atom stereocenters. The van der Waals surface area contributed by atoms with Gasteiger partial charge >= 0.3 is 5.97 Å². The summed E-state index contributed by atoms with van der Waals surface area (Å²) in [5.74, 6) is 0.187. The van der Waals surface area contributed by atoms with Gasteiger partial charge < -0.3 is 9.84 Å². The largest absolute Gasteiger partial charge is 0.497 e. The molecule has 4 aromatic carbocycles. The Hall–Kier alpha value is -3.05. The first-order chi connectivity index (χ1) is 17.3. The zero-order valence-corrected chi connectivity index (χ0v) is 21.6. The number of hydrogen-bond acceptors (Lipinski definition) is 3. The smallest absolute Gasteiger partial charge is 0.335 e. The molecule has 1 aliphatic heterocycles. The molecule has 6 heteroatoms. The van der Waals surface area contributed by atoms with Gasteiger partial charge in [0.25, 0.3) is 0 Å². The molecule has 0 aliphatic carbocycles. The Labute approximate surface area is 221 Å². The molecule has 1 fully saturated rings. The Balaban J connectivity index is 1.52. The number of aromatic carboxylic acids is 1. The van der Waals surface area contributed by atoms with E-state index in [9.17, 15) is 9.90 Å². The highest BCUT2D eigenvalue weighted by Gasteiger charge is 2.37. The van der Waals surface area contributed by atoms with Crippen molar-refractivity contribution in [1.82, 2.24) is 4.90 Å². The average Bonchev–Trinajstić information content (AvgIpc) is 3.33. The van der Waals surface area contributed by atoms with Gasteiger partial charge in [-0.3, -0.25) is 4.90 Å². The fraction of sp³-hybridized carbons (Fsp3) is 0.233. The van der Waals surface area contributed by atoms with Gasteiger partial charge in [0.2, 0.25) is 0 Å². The molecule has 4 nitrogen and oxygen atoms in total. The van der Waals surface area contributed by atoms with Crippen LogP contribution in [0.5, 0.6) is 5.75 Å². The molecule has 0 spiro atoms. The second-order valence-corrected chi connectivity index (χ2v) is 10.3. The Morgan fingerprint density at radius 1 is 0.917 bits per heavy atom. The Morgan fingerprint density at radius 2 is 1.58 bits per heavy atom. The number of hydrogen-bond donors (Lipinski definition) is 1. The summed E-state index contributed by atoms with van der Waals surface area (Å²) in [5, 5.41) is 12.9. The molecule has 5 rings (SSSR count). The summed E-state index contributed by atoms with van der Waals surface area (Å²) in [6.07, 6.45) is 0.926. The summed E-state index contributed by atoms with van der Waals surface area (Å²) >= 11 is 12.7. The minimum Gasteiger partial charge on any atom is -0.497 e. The maximum Gasteiger partial charge on any atom is 0.335 e. The number of likely N-dealkylation sites (tertiary alicyclic amines) is 1. The Morgan fingerprint density at radius 3 is 2.25 bits per heavy atom. The lowest BCUT2D eigenvalue weighted by atomic mass is 9.93. The normalized spacial score (nSPS) is 18.9. The van der Waals surface area contributed by atoms with Crippen LogP contribution in [0.2, 0.25) is 10.0 Å². The Bertz CT molecular complexity index is 1400. The number of methoxy groups -OCH3 is 1. The van der Waals surface area contributed by atoms with Crippen molar-refractivity contribution in [3.05, 3.63) is 111 Å². The van der Waals surface area contributed by atoms with Crippen LogP contribution in [0.3, 0.4) is 0 Å². The van der Waals surface area contributed by atoms with Crippen molar-refractivity contribution in [2.24, 2.45) is 0 Å². The van der Waals surface area contributed by atoms with E-state index in [0.29, 0.717) is 15.6 Å². The van der Waals surface area contributed by atoms with Crippen molar-refractivity contribution in [2.45, 2.75) is 31.3 Å². The minimum absolute atomic E-state index is 0.0871. The third-order valence-electron chi connectivity index (χ3n) is 7.29. The van der Waals surface area contributed by atoms with Crippen molar-refractivity contribution in [3.63, 3.8) is 0 Å². The van der Waals surface area contributed by atoms with Crippen molar-refractivity contribution < 1.29 is 14.6 Å². The minimum atomic E-state index is -0.918. The lowest BCUT2D eigenvalue weighted by Gasteiger charge is -2.31. The molecule has 0 amide bonds. The number of ether oxygens (including phenoxy) is 1. The highest BCUT2D eigenvalue weighted by Crippen LogP contribution is 2.46.